The number of carbonyl (C=O) groups is 2. The first-order valence-corrected chi connectivity index (χ1v) is 6.43. The summed E-state index contributed by atoms with van der Waals surface area (Å²) in [5.41, 5.74) is 0. The van der Waals surface area contributed by atoms with Crippen LogP contribution in [0.1, 0.15) is 32.1 Å². The predicted octanol–water partition coefficient (Wildman–Crippen LogP) is -0.239. The lowest BCUT2D eigenvalue weighted by Gasteiger charge is -2.27. The quantitative estimate of drug-likeness (QED) is 0.364. The van der Waals surface area contributed by atoms with Crippen LogP contribution in [0.3, 0.4) is 0 Å². The maximum atomic E-state index is 11.1. The van der Waals surface area contributed by atoms with Gasteiger partial charge >= 0.3 is 11.9 Å². The highest BCUT2D eigenvalue weighted by Gasteiger charge is 2.27. The van der Waals surface area contributed by atoms with Gasteiger partial charge in [0.25, 0.3) is 0 Å². The Hall–Kier alpha value is -1.18. The Balaban J connectivity index is 4.52. The zero-order chi connectivity index (χ0) is 14.7. The van der Waals surface area contributed by atoms with Gasteiger partial charge in [-0.05, 0) is 38.8 Å². The SMILES string of the molecule is O=C(O)CC(C(=O)O)N(CCCCO)CCCCO. The van der Waals surface area contributed by atoms with Gasteiger partial charge in [0.1, 0.15) is 6.04 Å². The molecule has 19 heavy (non-hydrogen) atoms. The molecule has 0 aromatic carbocycles. The number of hydrogen-bond acceptors (Lipinski definition) is 5. The van der Waals surface area contributed by atoms with Gasteiger partial charge < -0.3 is 20.4 Å². The molecular formula is C12H23NO6. The summed E-state index contributed by atoms with van der Waals surface area (Å²) in [4.78, 5) is 23.4. The molecule has 0 aromatic heterocycles. The van der Waals surface area contributed by atoms with Crippen molar-refractivity contribution >= 4 is 11.9 Å². The minimum atomic E-state index is -1.16. The van der Waals surface area contributed by atoms with Crippen molar-refractivity contribution in [2.75, 3.05) is 26.3 Å². The van der Waals surface area contributed by atoms with Crippen molar-refractivity contribution in [1.29, 1.82) is 0 Å². The van der Waals surface area contributed by atoms with Crippen molar-refractivity contribution in [3.8, 4) is 0 Å². The molecule has 0 radical (unpaired) electrons. The van der Waals surface area contributed by atoms with E-state index in [1.165, 1.54) is 0 Å². The maximum Gasteiger partial charge on any atom is 0.321 e. The largest absolute Gasteiger partial charge is 0.481 e. The summed E-state index contributed by atoms with van der Waals surface area (Å²) in [7, 11) is 0. The molecule has 0 spiro atoms. The molecule has 0 aromatic rings. The number of aliphatic carboxylic acids is 2. The molecule has 112 valence electrons. The average molecular weight is 277 g/mol. The van der Waals surface area contributed by atoms with Gasteiger partial charge in [-0.2, -0.15) is 0 Å². The van der Waals surface area contributed by atoms with E-state index in [0.717, 1.165) is 0 Å². The molecule has 7 heteroatoms. The molecule has 1 atom stereocenters. The van der Waals surface area contributed by atoms with Crippen LogP contribution in [0.2, 0.25) is 0 Å². The molecule has 0 bridgehead atoms. The Morgan fingerprint density at radius 1 is 0.895 bits per heavy atom. The van der Waals surface area contributed by atoms with Crippen LogP contribution in [0.25, 0.3) is 0 Å². The van der Waals surface area contributed by atoms with E-state index in [0.29, 0.717) is 38.8 Å². The summed E-state index contributed by atoms with van der Waals surface area (Å²) >= 11 is 0. The van der Waals surface area contributed by atoms with E-state index < -0.39 is 24.4 Å². The topological polar surface area (TPSA) is 118 Å². The highest BCUT2D eigenvalue weighted by molar-refractivity contribution is 5.80. The van der Waals surface area contributed by atoms with Gasteiger partial charge in [-0.25, -0.2) is 0 Å². The van der Waals surface area contributed by atoms with Crippen molar-refractivity contribution in [1.82, 2.24) is 4.90 Å². The van der Waals surface area contributed by atoms with E-state index >= 15 is 0 Å². The minimum absolute atomic E-state index is 0.0289. The van der Waals surface area contributed by atoms with Crippen LogP contribution in [0.15, 0.2) is 0 Å². The minimum Gasteiger partial charge on any atom is -0.481 e. The average Bonchev–Trinajstić information content (AvgIpc) is 2.34. The monoisotopic (exact) mass is 277 g/mol. The molecule has 0 amide bonds. The van der Waals surface area contributed by atoms with Gasteiger partial charge in [0.05, 0.1) is 6.42 Å². The number of aliphatic hydroxyl groups is 2. The Bertz CT molecular complexity index is 261. The second-order valence-corrected chi connectivity index (χ2v) is 4.35. The first-order chi connectivity index (χ1) is 9.02. The van der Waals surface area contributed by atoms with Crippen LogP contribution >= 0.6 is 0 Å². The van der Waals surface area contributed by atoms with Gasteiger partial charge in [-0.15, -0.1) is 0 Å². The molecule has 0 aliphatic carbocycles. The maximum absolute atomic E-state index is 11.1. The normalized spacial score (nSPS) is 12.6. The van der Waals surface area contributed by atoms with Gasteiger partial charge in [-0.1, -0.05) is 0 Å². The molecule has 0 heterocycles. The number of carboxylic acids is 2. The molecule has 7 nitrogen and oxygen atoms in total. The third-order valence-corrected chi connectivity index (χ3v) is 2.80. The molecule has 0 fully saturated rings. The number of aliphatic hydroxyl groups excluding tert-OH is 2. The van der Waals surface area contributed by atoms with Crippen LogP contribution in [0.5, 0.6) is 0 Å². The second kappa shape index (κ2) is 10.7. The highest BCUT2D eigenvalue weighted by atomic mass is 16.4. The third kappa shape index (κ3) is 8.52. The summed E-state index contributed by atoms with van der Waals surface area (Å²) in [6.07, 6.45) is 1.87. The lowest BCUT2D eigenvalue weighted by Crippen LogP contribution is -2.43. The van der Waals surface area contributed by atoms with Gasteiger partial charge in [-0.3, -0.25) is 14.5 Å². The van der Waals surface area contributed by atoms with Crippen LogP contribution in [-0.2, 0) is 9.59 Å². The molecule has 1 unspecified atom stereocenters. The zero-order valence-corrected chi connectivity index (χ0v) is 11.0. The second-order valence-electron chi connectivity index (χ2n) is 4.35. The smallest absolute Gasteiger partial charge is 0.321 e. The molecule has 0 rings (SSSR count). The summed E-state index contributed by atoms with van der Waals surface area (Å²) < 4.78 is 0. The number of unbranched alkanes of at least 4 members (excludes halogenated alkanes) is 2. The molecule has 0 saturated carbocycles. The third-order valence-electron chi connectivity index (χ3n) is 2.80. The van der Waals surface area contributed by atoms with Crippen LogP contribution in [0, 0.1) is 0 Å². The first kappa shape index (κ1) is 17.8. The molecule has 0 aliphatic heterocycles. The van der Waals surface area contributed by atoms with E-state index in [4.69, 9.17) is 20.4 Å². The van der Waals surface area contributed by atoms with Crippen molar-refractivity contribution in [2.24, 2.45) is 0 Å². The lowest BCUT2D eigenvalue weighted by molar-refractivity contribution is -0.149. The lowest BCUT2D eigenvalue weighted by atomic mass is 10.1. The standard InChI is InChI=1S/C12H23NO6/c14-7-3-1-5-13(6-2-4-8-15)10(12(18)19)9-11(16)17/h10,14-15H,1-9H2,(H,16,17)(H,18,19). The fourth-order valence-corrected chi connectivity index (χ4v) is 1.81. The van der Waals surface area contributed by atoms with Gasteiger partial charge in [0.2, 0.25) is 0 Å². The highest BCUT2D eigenvalue weighted by Crippen LogP contribution is 2.09. The van der Waals surface area contributed by atoms with Crippen molar-refractivity contribution in [3.05, 3.63) is 0 Å². The number of nitrogens with zero attached hydrogens (tertiary/aromatic N) is 1. The summed E-state index contributed by atoms with van der Waals surface area (Å²) in [5.74, 6) is -2.31. The Labute approximate surface area is 112 Å². The first-order valence-electron chi connectivity index (χ1n) is 6.43. The number of carboxylic acid groups (broad SMARTS) is 2. The fraction of sp³-hybridized carbons (Fsp3) is 0.833. The summed E-state index contributed by atoms with van der Waals surface area (Å²) in [6, 6.07) is -1.06. The zero-order valence-electron chi connectivity index (χ0n) is 11.0. The fourth-order valence-electron chi connectivity index (χ4n) is 1.81. The van der Waals surface area contributed by atoms with Crippen LogP contribution < -0.4 is 0 Å². The Kier molecular flexibility index (Phi) is 10.1. The van der Waals surface area contributed by atoms with E-state index in [9.17, 15) is 9.59 Å². The molecule has 0 aliphatic rings. The van der Waals surface area contributed by atoms with Crippen molar-refractivity contribution in [3.63, 3.8) is 0 Å². The van der Waals surface area contributed by atoms with E-state index in [1.54, 1.807) is 4.90 Å². The molecule has 4 N–H and O–H groups in total. The predicted molar refractivity (Wildman–Crippen MR) is 67.9 cm³/mol. The van der Waals surface area contributed by atoms with Crippen LogP contribution in [0.4, 0.5) is 0 Å². The summed E-state index contributed by atoms with van der Waals surface area (Å²) in [6.45, 7) is 0.911. The van der Waals surface area contributed by atoms with E-state index in [1.807, 2.05) is 0 Å². The van der Waals surface area contributed by atoms with Crippen molar-refractivity contribution in [2.45, 2.75) is 38.1 Å². The van der Waals surface area contributed by atoms with Gasteiger partial charge in [0, 0.05) is 13.2 Å². The Morgan fingerprint density at radius 2 is 1.37 bits per heavy atom. The Morgan fingerprint density at radius 3 is 1.68 bits per heavy atom. The van der Waals surface area contributed by atoms with E-state index in [-0.39, 0.29) is 13.2 Å². The number of rotatable bonds is 12. The van der Waals surface area contributed by atoms with Crippen molar-refractivity contribution < 1.29 is 30.0 Å². The van der Waals surface area contributed by atoms with E-state index in [2.05, 4.69) is 0 Å². The molecular weight excluding hydrogens is 254 g/mol. The van der Waals surface area contributed by atoms with Crippen LogP contribution in [-0.4, -0.2) is 69.6 Å². The summed E-state index contributed by atoms with van der Waals surface area (Å²) in [5, 5.41) is 35.3. The van der Waals surface area contributed by atoms with Gasteiger partial charge in [0.15, 0.2) is 0 Å². The molecule has 0 saturated heterocycles. The number of hydrogen-bond donors (Lipinski definition) is 4.